The zero-order chi connectivity index (χ0) is 42.2. The van der Waals surface area contributed by atoms with E-state index in [0.717, 1.165) is 69.1 Å². The van der Waals surface area contributed by atoms with Crippen molar-refractivity contribution in [3.8, 4) is 56.9 Å². The average Bonchev–Trinajstić information content (AvgIpc) is 3.84. The largest absolute Gasteiger partial charge is 0.314 e. The lowest BCUT2D eigenvalue weighted by Crippen LogP contribution is -2.16. The Bertz CT molecular complexity index is 3520. The lowest BCUT2D eigenvalue weighted by Gasteiger charge is -2.29. The lowest BCUT2D eigenvalue weighted by atomic mass is 9.99. The topological polar surface area (TPSA) is 32.3 Å². The van der Waals surface area contributed by atoms with Crippen molar-refractivity contribution >= 4 is 66.4 Å². The second kappa shape index (κ2) is 14.6. The SMILES string of the molecule is C#CC(C)/C=C\C=C(/C)N(c1ccc2nc3ccc(N(C4=CCCC=C4)c4ccc5c6c(cccc46)-c4ccccc4-5)cc3nc2c1)c1ccc2c3c(cccc13)-c1ccccc1-2. The Balaban J connectivity index is 1.01. The second-order valence-corrected chi connectivity index (χ2v) is 16.8. The lowest BCUT2D eigenvalue weighted by molar-refractivity contribution is 0.981. The molecule has 9 aromatic rings. The van der Waals surface area contributed by atoms with Gasteiger partial charge in [-0.1, -0.05) is 127 Å². The third kappa shape index (κ3) is 5.85. The summed E-state index contributed by atoms with van der Waals surface area (Å²) in [5, 5.41) is 5.01. The highest BCUT2D eigenvalue weighted by molar-refractivity contribution is 6.20. The van der Waals surface area contributed by atoms with E-state index in [0.29, 0.717) is 0 Å². The van der Waals surface area contributed by atoms with Crippen LogP contribution in [-0.4, -0.2) is 9.97 Å². The maximum Gasteiger partial charge on any atom is 0.0915 e. The predicted octanol–water partition coefficient (Wildman–Crippen LogP) is 15.6. The van der Waals surface area contributed by atoms with Gasteiger partial charge in [-0.3, -0.25) is 0 Å². The molecule has 0 fully saturated rings. The van der Waals surface area contributed by atoms with E-state index in [2.05, 4.69) is 205 Å². The molecule has 4 nitrogen and oxygen atoms in total. The molecule has 0 spiro atoms. The van der Waals surface area contributed by atoms with Gasteiger partial charge in [0.05, 0.1) is 33.4 Å². The van der Waals surface area contributed by atoms with E-state index in [-0.39, 0.29) is 5.92 Å². The second-order valence-electron chi connectivity index (χ2n) is 16.8. The van der Waals surface area contributed by atoms with Gasteiger partial charge < -0.3 is 9.80 Å². The van der Waals surface area contributed by atoms with Crippen molar-refractivity contribution < 1.29 is 0 Å². The Morgan fingerprint density at radius 3 is 1.73 bits per heavy atom. The molecule has 8 aromatic carbocycles. The minimum Gasteiger partial charge on any atom is -0.314 e. The van der Waals surface area contributed by atoms with Gasteiger partial charge in [-0.05, 0) is 143 Å². The Morgan fingerprint density at radius 1 is 0.587 bits per heavy atom. The average molecular weight is 807 g/mol. The van der Waals surface area contributed by atoms with E-state index in [4.69, 9.17) is 16.4 Å². The molecule has 0 saturated carbocycles. The number of allylic oxidation sites excluding steroid dienone is 7. The number of aromatic nitrogens is 2. The first-order chi connectivity index (χ1) is 31.0. The van der Waals surface area contributed by atoms with Gasteiger partial charge in [0.1, 0.15) is 0 Å². The van der Waals surface area contributed by atoms with Crippen LogP contribution < -0.4 is 9.80 Å². The van der Waals surface area contributed by atoms with Crippen molar-refractivity contribution in [2.75, 3.05) is 9.80 Å². The molecule has 12 rings (SSSR count). The molecule has 3 aliphatic carbocycles. The molecule has 0 saturated heterocycles. The number of hydrogen-bond donors (Lipinski definition) is 0. The molecule has 63 heavy (non-hydrogen) atoms. The standard InChI is InChI=1S/C59H42N4/c1-4-37(2)15-12-16-38(3)62(56-33-29-48-44-21-10-8-19-42(44)46-23-13-25-50(56)58(46)48)40-27-31-52-54(35-40)61-55-36-41(28-32-53(55)60-52)63(39-17-6-5-7-18-39)57-34-30-49-45-22-11-9-20-43(45)47-24-14-26-51(57)59(47)49/h1,6,8-37H,5,7H2,2-3H3/b15-12-,38-16+. The molecule has 1 aromatic heterocycles. The quantitative estimate of drug-likeness (QED) is 0.0870. The molecule has 1 atom stereocenters. The van der Waals surface area contributed by atoms with E-state index >= 15 is 0 Å². The van der Waals surface area contributed by atoms with Gasteiger partial charge in [-0.2, -0.15) is 0 Å². The maximum absolute atomic E-state index is 5.75. The van der Waals surface area contributed by atoms with Crippen LogP contribution in [-0.2, 0) is 0 Å². The van der Waals surface area contributed by atoms with Gasteiger partial charge >= 0.3 is 0 Å². The molecule has 0 bridgehead atoms. The molecule has 3 aliphatic rings. The van der Waals surface area contributed by atoms with Crippen LogP contribution in [0.4, 0.5) is 22.7 Å². The van der Waals surface area contributed by atoms with E-state index in [1.165, 1.54) is 66.1 Å². The van der Waals surface area contributed by atoms with Gasteiger partial charge in [0.15, 0.2) is 0 Å². The fourth-order valence-electron chi connectivity index (χ4n) is 10.1. The van der Waals surface area contributed by atoms with Crippen LogP contribution in [0.2, 0.25) is 0 Å². The van der Waals surface area contributed by atoms with Crippen LogP contribution in [0.25, 0.3) is 88.1 Å². The van der Waals surface area contributed by atoms with Crippen molar-refractivity contribution in [3.63, 3.8) is 0 Å². The number of hydrogen-bond acceptors (Lipinski definition) is 4. The highest BCUT2D eigenvalue weighted by Crippen LogP contribution is 2.52. The highest BCUT2D eigenvalue weighted by atomic mass is 15.2. The van der Waals surface area contributed by atoms with Crippen molar-refractivity contribution in [2.45, 2.75) is 26.7 Å². The summed E-state index contributed by atoms with van der Waals surface area (Å²) in [6, 6.07) is 53.0. The number of anilines is 4. The van der Waals surface area contributed by atoms with Crippen molar-refractivity contribution in [3.05, 3.63) is 193 Å². The van der Waals surface area contributed by atoms with Gasteiger partial charge in [-0.15, -0.1) is 6.42 Å². The van der Waals surface area contributed by atoms with Gasteiger partial charge in [0.2, 0.25) is 0 Å². The molecule has 1 unspecified atom stereocenters. The van der Waals surface area contributed by atoms with E-state index < -0.39 is 0 Å². The summed E-state index contributed by atoms with van der Waals surface area (Å²) >= 11 is 0. The molecule has 298 valence electrons. The summed E-state index contributed by atoms with van der Waals surface area (Å²) in [7, 11) is 0. The first-order valence-electron chi connectivity index (χ1n) is 21.8. The molecule has 0 amide bonds. The van der Waals surface area contributed by atoms with Crippen LogP contribution in [0.1, 0.15) is 26.7 Å². The zero-order valence-electron chi connectivity index (χ0n) is 35.2. The summed E-state index contributed by atoms with van der Waals surface area (Å²) in [5.41, 5.74) is 20.2. The summed E-state index contributed by atoms with van der Waals surface area (Å²) in [5.74, 6) is 2.85. The Labute approximate surface area is 367 Å². The number of rotatable bonds is 8. The fourth-order valence-corrected chi connectivity index (χ4v) is 10.1. The Kier molecular flexibility index (Phi) is 8.52. The zero-order valence-corrected chi connectivity index (χ0v) is 35.2. The Morgan fingerprint density at radius 2 is 1.13 bits per heavy atom. The van der Waals surface area contributed by atoms with Crippen molar-refractivity contribution in [1.29, 1.82) is 0 Å². The summed E-state index contributed by atoms with van der Waals surface area (Å²) in [6.07, 6.45) is 20.9. The molecular formula is C59H42N4. The van der Waals surface area contributed by atoms with E-state index in [9.17, 15) is 0 Å². The van der Waals surface area contributed by atoms with Crippen LogP contribution in [0.15, 0.2) is 193 Å². The van der Waals surface area contributed by atoms with Gasteiger partial charge in [-0.25, -0.2) is 9.97 Å². The normalized spacial score (nSPS) is 14.0. The highest BCUT2D eigenvalue weighted by Gasteiger charge is 2.27. The Hall–Kier alpha value is -8.00. The number of benzene rings is 8. The van der Waals surface area contributed by atoms with Crippen LogP contribution in [0.3, 0.4) is 0 Å². The summed E-state index contributed by atoms with van der Waals surface area (Å²) in [6.45, 7) is 4.19. The molecule has 0 aliphatic heterocycles. The van der Waals surface area contributed by atoms with Crippen molar-refractivity contribution in [1.82, 2.24) is 9.97 Å². The van der Waals surface area contributed by atoms with Crippen LogP contribution in [0.5, 0.6) is 0 Å². The maximum atomic E-state index is 5.75. The molecule has 1 heterocycles. The van der Waals surface area contributed by atoms with Crippen LogP contribution in [0, 0.1) is 18.3 Å². The van der Waals surface area contributed by atoms with Crippen LogP contribution >= 0.6 is 0 Å². The number of nitrogens with zero attached hydrogens (tertiary/aromatic N) is 4. The predicted molar refractivity (Wildman–Crippen MR) is 265 cm³/mol. The monoisotopic (exact) mass is 806 g/mol. The minimum atomic E-state index is 0.0298. The first kappa shape index (κ1) is 36.8. The molecule has 4 heteroatoms. The minimum absolute atomic E-state index is 0.0298. The third-order valence-electron chi connectivity index (χ3n) is 13.0. The van der Waals surface area contributed by atoms with E-state index in [1.807, 2.05) is 6.92 Å². The fraction of sp³-hybridized carbons (Fsp3) is 0.0847. The molecular weight excluding hydrogens is 765 g/mol. The van der Waals surface area contributed by atoms with Crippen molar-refractivity contribution in [2.24, 2.45) is 5.92 Å². The molecule has 0 radical (unpaired) electrons. The molecule has 0 N–H and O–H groups in total. The number of terminal acetylenes is 1. The summed E-state index contributed by atoms with van der Waals surface area (Å²) < 4.78 is 0. The summed E-state index contributed by atoms with van der Waals surface area (Å²) in [4.78, 5) is 15.3. The third-order valence-corrected chi connectivity index (χ3v) is 13.0. The van der Waals surface area contributed by atoms with E-state index in [1.54, 1.807) is 0 Å². The van der Waals surface area contributed by atoms with Gasteiger partial charge in [0, 0.05) is 39.5 Å². The number of fused-ring (bicyclic) bond motifs is 8. The smallest absolute Gasteiger partial charge is 0.0915 e. The first-order valence-corrected chi connectivity index (χ1v) is 21.8. The van der Waals surface area contributed by atoms with Gasteiger partial charge in [0.25, 0.3) is 0 Å².